The molecule has 1 heterocycles. The lowest BCUT2D eigenvalue weighted by molar-refractivity contribution is -0.107. The van der Waals surface area contributed by atoms with Crippen LogP contribution < -0.4 is 16.0 Å². The van der Waals surface area contributed by atoms with Gasteiger partial charge in [0.15, 0.2) is 6.29 Å². The summed E-state index contributed by atoms with van der Waals surface area (Å²) in [6.45, 7) is 2.16. The maximum Gasteiger partial charge on any atom is 0.152 e. The molecule has 3 aromatic rings. The summed E-state index contributed by atoms with van der Waals surface area (Å²) in [4.78, 5) is 11.8. The number of hydrogen-bond acceptors (Lipinski definition) is 7. The highest BCUT2D eigenvalue weighted by molar-refractivity contribution is 8.01. The van der Waals surface area contributed by atoms with Crippen LogP contribution in [-0.2, 0) is 24.3 Å². The normalized spacial score (nSPS) is 15.5. The van der Waals surface area contributed by atoms with E-state index in [2.05, 4.69) is 28.1 Å². The van der Waals surface area contributed by atoms with E-state index in [1.807, 2.05) is 18.2 Å². The molecule has 6 nitrogen and oxygen atoms in total. The number of hydrogen-bond donors (Lipinski definition) is 5. The Balaban J connectivity index is 1.24. The van der Waals surface area contributed by atoms with Crippen LogP contribution in [0.25, 0.3) is 0 Å². The zero-order valence-corrected chi connectivity index (χ0v) is 19.4. The highest BCUT2D eigenvalue weighted by Crippen LogP contribution is 2.46. The largest absolute Gasteiger partial charge is 0.506 e. The molecular weight excluding hydrogens is 453 g/mol. The second kappa shape index (κ2) is 11.5. The number of phenols is 1. The molecule has 0 saturated heterocycles. The lowest BCUT2D eigenvalue weighted by atomic mass is 10.1. The molecule has 0 fully saturated rings. The Hall–Kier alpha value is -2.91. The highest BCUT2D eigenvalue weighted by Gasteiger charge is 2.28. The standard InChI is InChI=1S/C26H28FN3O3S/c27-21-7-2-1-6-19(21)14-29-13-18-5-3-4-17(12-18)10-11-28-15-23(33)20-8-9-22(32)25-26(20)34-24(16-31)30-25/h1-9,12,16,23-24,28-30,32-33H,10-11,13-15H2/t23-,24?/m0/s1. The smallest absolute Gasteiger partial charge is 0.152 e. The number of fused-ring (bicyclic) bond motifs is 1. The van der Waals surface area contributed by atoms with Crippen LogP contribution in [0, 0.1) is 5.82 Å². The Bertz CT molecular complexity index is 1140. The SMILES string of the molecule is O=CC1Nc2c(O)ccc([C@@H](O)CNCCc3cccc(CNCc4ccccc4F)c3)c2S1. The van der Waals surface area contributed by atoms with Crippen LogP contribution in [0.2, 0.25) is 0 Å². The fraction of sp³-hybridized carbons (Fsp3) is 0.269. The average Bonchev–Trinajstić information content (AvgIpc) is 3.29. The number of aromatic hydroxyl groups is 1. The van der Waals surface area contributed by atoms with Crippen LogP contribution in [-0.4, -0.2) is 35.0 Å². The molecule has 0 aliphatic carbocycles. The number of rotatable bonds is 11. The van der Waals surface area contributed by atoms with E-state index in [1.165, 1.54) is 29.5 Å². The molecule has 3 aromatic carbocycles. The molecule has 0 aromatic heterocycles. The minimum atomic E-state index is -0.761. The first-order valence-electron chi connectivity index (χ1n) is 11.2. The summed E-state index contributed by atoms with van der Waals surface area (Å²) < 4.78 is 13.7. The third kappa shape index (κ3) is 5.95. The molecule has 0 spiro atoms. The number of aldehydes is 1. The van der Waals surface area contributed by atoms with E-state index in [0.29, 0.717) is 47.9 Å². The van der Waals surface area contributed by atoms with Crippen molar-refractivity contribution in [1.82, 2.24) is 10.6 Å². The maximum atomic E-state index is 13.7. The van der Waals surface area contributed by atoms with Crippen molar-refractivity contribution in [3.05, 3.63) is 88.7 Å². The number of aliphatic hydroxyl groups excluding tert-OH is 1. The van der Waals surface area contributed by atoms with Gasteiger partial charge in [-0.1, -0.05) is 60.3 Å². The monoisotopic (exact) mass is 481 g/mol. The predicted octanol–water partition coefficient (Wildman–Crippen LogP) is 3.73. The van der Waals surface area contributed by atoms with Gasteiger partial charge in [0.2, 0.25) is 0 Å². The number of carbonyl (C=O) groups is 1. The average molecular weight is 482 g/mol. The van der Waals surface area contributed by atoms with Crippen molar-refractivity contribution in [3.8, 4) is 5.75 Å². The van der Waals surface area contributed by atoms with Crippen molar-refractivity contribution >= 4 is 23.7 Å². The lowest BCUT2D eigenvalue weighted by Gasteiger charge is -2.16. The fourth-order valence-corrected chi connectivity index (χ4v) is 5.05. The van der Waals surface area contributed by atoms with Gasteiger partial charge in [0, 0.05) is 30.1 Å². The highest BCUT2D eigenvalue weighted by atomic mass is 32.2. The molecule has 5 N–H and O–H groups in total. The predicted molar refractivity (Wildman–Crippen MR) is 132 cm³/mol. The molecule has 1 unspecified atom stereocenters. The van der Waals surface area contributed by atoms with Gasteiger partial charge in [-0.2, -0.15) is 0 Å². The third-order valence-electron chi connectivity index (χ3n) is 5.70. The Morgan fingerprint density at radius 2 is 1.88 bits per heavy atom. The molecule has 8 heteroatoms. The van der Waals surface area contributed by atoms with Crippen molar-refractivity contribution in [3.63, 3.8) is 0 Å². The Morgan fingerprint density at radius 3 is 2.71 bits per heavy atom. The first-order chi connectivity index (χ1) is 16.5. The maximum absolute atomic E-state index is 13.7. The fourth-order valence-electron chi connectivity index (χ4n) is 3.94. The van der Waals surface area contributed by atoms with Crippen molar-refractivity contribution in [2.24, 2.45) is 0 Å². The van der Waals surface area contributed by atoms with Crippen molar-refractivity contribution < 1.29 is 19.4 Å². The van der Waals surface area contributed by atoms with Gasteiger partial charge in [-0.3, -0.25) is 0 Å². The Kier molecular flexibility index (Phi) is 8.18. The zero-order chi connectivity index (χ0) is 23.9. The molecule has 1 aliphatic heterocycles. The number of benzene rings is 3. The third-order valence-corrected chi connectivity index (χ3v) is 6.86. The molecule has 0 bridgehead atoms. The van der Waals surface area contributed by atoms with Crippen molar-refractivity contribution in [2.75, 3.05) is 18.4 Å². The number of thioether (sulfide) groups is 1. The van der Waals surface area contributed by atoms with E-state index in [4.69, 9.17) is 0 Å². The lowest BCUT2D eigenvalue weighted by Crippen LogP contribution is -2.24. The van der Waals surface area contributed by atoms with Crippen LogP contribution in [0.1, 0.15) is 28.4 Å². The molecule has 2 atom stereocenters. The summed E-state index contributed by atoms with van der Waals surface area (Å²) in [5, 5.41) is 29.8. The van der Waals surface area contributed by atoms with Crippen LogP contribution in [0.4, 0.5) is 10.1 Å². The number of phenolic OH excluding ortho intramolecular Hbond substituents is 1. The van der Waals surface area contributed by atoms with Crippen LogP contribution in [0.15, 0.2) is 65.6 Å². The quantitative estimate of drug-likeness (QED) is 0.162. The van der Waals surface area contributed by atoms with Gasteiger partial charge in [-0.25, -0.2) is 4.39 Å². The Morgan fingerprint density at radius 1 is 1.06 bits per heavy atom. The van der Waals surface area contributed by atoms with Crippen LogP contribution in [0.3, 0.4) is 0 Å². The summed E-state index contributed by atoms with van der Waals surface area (Å²) in [6.07, 6.45) is 0.815. The minimum absolute atomic E-state index is 0.0685. The molecule has 0 radical (unpaired) electrons. The van der Waals surface area contributed by atoms with E-state index >= 15 is 0 Å². The molecular formula is C26H28FN3O3S. The summed E-state index contributed by atoms with van der Waals surface area (Å²) in [5.41, 5.74) is 4.13. The first-order valence-corrected chi connectivity index (χ1v) is 12.1. The summed E-state index contributed by atoms with van der Waals surface area (Å²) in [6, 6.07) is 18.2. The van der Waals surface area contributed by atoms with E-state index in [0.717, 1.165) is 18.3 Å². The topological polar surface area (TPSA) is 93.6 Å². The number of carbonyl (C=O) groups excluding carboxylic acids is 1. The van der Waals surface area contributed by atoms with E-state index in [-0.39, 0.29) is 11.6 Å². The van der Waals surface area contributed by atoms with Gasteiger partial charge in [-0.15, -0.1) is 0 Å². The molecule has 0 saturated carbocycles. The number of aliphatic hydroxyl groups is 1. The minimum Gasteiger partial charge on any atom is -0.506 e. The number of halogens is 1. The van der Waals surface area contributed by atoms with Gasteiger partial charge in [0.1, 0.15) is 16.9 Å². The van der Waals surface area contributed by atoms with Crippen molar-refractivity contribution in [2.45, 2.75) is 35.9 Å². The van der Waals surface area contributed by atoms with Crippen LogP contribution >= 0.6 is 11.8 Å². The van der Waals surface area contributed by atoms with Gasteiger partial charge in [-0.05, 0) is 41.8 Å². The van der Waals surface area contributed by atoms with E-state index in [9.17, 15) is 19.4 Å². The summed E-state index contributed by atoms with van der Waals surface area (Å²) >= 11 is 1.29. The molecule has 34 heavy (non-hydrogen) atoms. The van der Waals surface area contributed by atoms with E-state index in [1.54, 1.807) is 18.2 Å². The summed E-state index contributed by atoms with van der Waals surface area (Å²) in [5.74, 6) is -0.133. The zero-order valence-electron chi connectivity index (χ0n) is 18.6. The van der Waals surface area contributed by atoms with Gasteiger partial charge in [0.25, 0.3) is 0 Å². The van der Waals surface area contributed by atoms with E-state index < -0.39 is 11.5 Å². The first kappa shape index (κ1) is 24.2. The number of nitrogens with one attached hydrogen (secondary N) is 3. The van der Waals surface area contributed by atoms with Crippen LogP contribution in [0.5, 0.6) is 5.75 Å². The molecule has 178 valence electrons. The molecule has 0 amide bonds. The van der Waals surface area contributed by atoms with Gasteiger partial charge in [0.05, 0.1) is 11.8 Å². The Labute approximate surface area is 202 Å². The second-order valence-electron chi connectivity index (χ2n) is 8.18. The second-order valence-corrected chi connectivity index (χ2v) is 9.33. The molecule has 1 aliphatic rings. The number of anilines is 1. The van der Waals surface area contributed by atoms with Gasteiger partial charge >= 0.3 is 0 Å². The summed E-state index contributed by atoms with van der Waals surface area (Å²) in [7, 11) is 0. The van der Waals surface area contributed by atoms with Crippen molar-refractivity contribution in [1.29, 1.82) is 0 Å². The molecule has 4 rings (SSSR count). The van der Waals surface area contributed by atoms with Gasteiger partial charge < -0.3 is 31.0 Å².